The zero-order chi connectivity index (χ0) is 32.4. The van der Waals surface area contributed by atoms with Crippen LogP contribution in [-0.4, -0.2) is 64.1 Å². The number of fused-ring (bicyclic) bond motifs is 4. The molecule has 12 heteroatoms. The normalized spacial score (nSPS) is 30.8. The van der Waals surface area contributed by atoms with E-state index in [1.807, 2.05) is 13.0 Å². The fourth-order valence-corrected chi connectivity index (χ4v) is 8.26. The molecule has 3 fully saturated rings. The summed E-state index contributed by atoms with van der Waals surface area (Å²) in [5.41, 5.74) is 1.26. The Morgan fingerprint density at radius 3 is 2.24 bits per heavy atom. The van der Waals surface area contributed by atoms with Gasteiger partial charge in [-0.3, -0.25) is 24.1 Å². The number of allylic oxidation sites excluding steroid dienone is 3. The lowest BCUT2D eigenvalue weighted by Gasteiger charge is -2.49. The van der Waals surface area contributed by atoms with Gasteiger partial charge in [0.1, 0.15) is 5.82 Å². The van der Waals surface area contributed by atoms with Crippen molar-refractivity contribution < 1.29 is 38.1 Å². The van der Waals surface area contributed by atoms with E-state index in [0.29, 0.717) is 17.6 Å². The quantitative estimate of drug-likeness (QED) is 0.252. The molecular formula is C33H31Cl2FN2O7. The lowest BCUT2D eigenvalue weighted by Crippen LogP contribution is -2.60. The number of benzene rings is 2. The fourth-order valence-electron chi connectivity index (χ4n) is 7.37. The first-order valence-electron chi connectivity index (χ1n) is 14.6. The van der Waals surface area contributed by atoms with E-state index in [1.54, 1.807) is 24.3 Å². The average molecular weight is 658 g/mol. The maximum Gasteiger partial charge on any atom is 0.258 e. The van der Waals surface area contributed by atoms with Crippen molar-refractivity contribution in [3.8, 4) is 17.2 Å². The molecule has 2 aliphatic heterocycles. The number of carbonyl (C=O) groups is 4. The number of likely N-dealkylation sites (tertiary alicyclic amines) is 1. The Kier molecular flexibility index (Phi) is 7.72. The summed E-state index contributed by atoms with van der Waals surface area (Å²) in [5, 5.41) is 10.4. The molecule has 2 saturated heterocycles. The largest absolute Gasteiger partial charge is 0.502 e. The molecule has 45 heavy (non-hydrogen) atoms. The van der Waals surface area contributed by atoms with E-state index in [0.717, 1.165) is 17.0 Å². The molecule has 2 aromatic rings. The maximum atomic E-state index is 14.3. The number of halogens is 3. The number of phenolic OH excluding ortho intramolecular Hbond substituents is 1. The number of hydrogen-bond donors (Lipinski definition) is 1. The van der Waals surface area contributed by atoms with E-state index in [2.05, 4.69) is 0 Å². The first-order chi connectivity index (χ1) is 21.4. The number of hydrogen-bond acceptors (Lipinski definition) is 7. The molecule has 2 aromatic carbocycles. The number of alkyl halides is 2. The van der Waals surface area contributed by atoms with Crippen LogP contribution in [-0.2, 0) is 19.2 Å². The minimum Gasteiger partial charge on any atom is -0.502 e. The van der Waals surface area contributed by atoms with Crippen molar-refractivity contribution in [1.82, 2.24) is 4.90 Å². The smallest absolute Gasteiger partial charge is 0.258 e. The summed E-state index contributed by atoms with van der Waals surface area (Å²) in [5.74, 6) is -5.66. The zero-order valence-electron chi connectivity index (χ0n) is 24.8. The summed E-state index contributed by atoms with van der Waals surface area (Å²) in [7, 11) is 2.78. The minimum atomic E-state index is -2.04. The van der Waals surface area contributed by atoms with Gasteiger partial charge in [-0.25, -0.2) is 9.29 Å². The van der Waals surface area contributed by atoms with E-state index in [4.69, 9.17) is 32.7 Å². The molecule has 0 spiro atoms. The number of aromatic hydroxyl groups is 1. The summed E-state index contributed by atoms with van der Waals surface area (Å²) < 4.78 is 24.4. The molecule has 4 amide bonds. The molecule has 6 rings (SSSR count). The van der Waals surface area contributed by atoms with Gasteiger partial charge in [0.15, 0.2) is 21.2 Å². The summed E-state index contributed by atoms with van der Waals surface area (Å²) in [6, 6.07) is 7.97. The van der Waals surface area contributed by atoms with Crippen molar-refractivity contribution in [3.63, 3.8) is 0 Å². The molecule has 2 aliphatic carbocycles. The standard InChI is InChI=1S/C33H31Cl2FN2O7/c1-4-13-37-28(40)21-11-10-20-22(26(21)29(37)41)16-32(34)30(42)38(19-8-6-18(36)7-9-19)31(43)33(32,35)23(20)12-5-17-14-24(44-2)27(39)25(15-17)45-3/h5-10,12,14-15,21-23,26,39H,4,11,13,16H2,1-3H3/t21-,22+,23-,26-,32+,33-/m0/s1. The molecule has 6 atom stereocenters. The van der Waals surface area contributed by atoms with Crippen LogP contribution >= 0.6 is 23.2 Å². The number of anilines is 1. The van der Waals surface area contributed by atoms with E-state index in [-0.39, 0.29) is 54.1 Å². The van der Waals surface area contributed by atoms with Gasteiger partial charge in [0.05, 0.1) is 31.7 Å². The first-order valence-corrected chi connectivity index (χ1v) is 15.4. The van der Waals surface area contributed by atoms with Crippen molar-refractivity contribution in [2.24, 2.45) is 23.7 Å². The monoisotopic (exact) mass is 656 g/mol. The van der Waals surface area contributed by atoms with E-state index < -0.39 is 51.1 Å². The number of ether oxygens (including phenoxy) is 2. The Morgan fingerprint density at radius 2 is 1.64 bits per heavy atom. The third kappa shape index (κ3) is 4.40. The number of amides is 4. The van der Waals surface area contributed by atoms with Gasteiger partial charge < -0.3 is 14.6 Å². The van der Waals surface area contributed by atoms with Crippen molar-refractivity contribution in [1.29, 1.82) is 0 Å². The van der Waals surface area contributed by atoms with Gasteiger partial charge >= 0.3 is 0 Å². The molecule has 0 unspecified atom stereocenters. The average Bonchev–Trinajstić information content (AvgIpc) is 3.35. The van der Waals surface area contributed by atoms with Crippen molar-refractivity contribution in [2.45, 2.75) is 35.9 Å². The van der Waals surface area contributed by atoms with Gasteiger partial charge in [-0.2, -0.15) is 0 Å². The number of rotatable bonds is 7. The molecule has 1 saturated carbocycles. The van der Waals surface area contributed by atoms with E-state index in [1.165, 1.54) is 31.3 Å². The van der Waals surface area contributed by atoms with E-state index in [9.17, 15) is 28.7 Å². The predicted octanol–water partition coefficient (Wildman–Crippen LogP) is 5.07. The highest BCUT2D eigenvalue weighted by Crippen LogP contribution is 2.63. The highest BCUT2D eigenvalue weighted by molar-refractivity contribution is 6.58. The van der Waals surface area contributed by atoms with Crippen LogP contribution in [0.25, 0.3) is 6.08 Å². The van der Waals surface area contributed by atoms with Crippen LogP contribution in [0.5, 0.6) is 17.2 Å². The topological polar surface area (TPSA) is 113 Å². The fraction of sp³-hybridized carbons (Fsp3) is 0.394. The molecule has 0 bridgehead atoms. The SMILES string of the molecule is CCCN1C(=O)[C@H]2[C@H](CC=C3[C@H]2C[C@@]2(Cl)C(=O)N(c4ccc(F)cc4)C(=O)[C@@]2(Cl)[C@H]3C=Cc2cc(OC)c(O)c(OC)c2)C1=O. The Hall–Kier alpha value is -3.89. The molecule has 236 valence electrons. The van der Waals surface area contributed by atoms with Crippen LogP contribution in [0.4, 0.5) is 10.1 Å². The maximum absolute atomic E-state index is 14.3. The van der Waals surface area contributed by atoms with E-state index >= 15 is 0 Å². The molecule has 0 aromatic heterocycles. The van der Waals surface area contributed by atoms with Crippen LogP contribution in [0, 0.1) is 29.5 Å². The Morgan fingerprint density at radius 1 is 1.00 bits per heavy atom. The second kappa shape index (κ2) is 11.2. The molecule has 9 nitrogen and oxygen atoms in total. The van der Waals surface area contributed by atoms with Gasteiger partial charge in [0, 0.05) is 12.5 Å². The van der Waals surface area contributed by atoms with Crippen LogP contribution in [0.2, 0.25) is 0 Å². The van der Waals surface area contributed by atoms with Gasteiger partial charge in [-0.05, 0) is 67.1 Å². The summed E-state index contributed by atoms with van der Waals surface area (Å²) >= 11 is 14.6. The molecule has 4 aliphatic rings. The van der Waals surface area contributed by atoms with Crippen molar-refractivity contribution in [3.05, 3.63) is 65.5 Å². The number of imide groups is 2. The Balaban J connectivity index is 1.51. The van der Waals surface area contributed by atoms with Gasteiger partial charge in [0.25, 0.3) is 11.8 Å². The zero-order valence-corrected chi connectivity index (χ0v) is 26.3. The van der Waals surface area contributed by atoms with Crippen LogP contribution in [0.3, 0.4) is 0 Å². The Labute approximate surface area is 269 Å². The minimum absolute atomic E-state index is 0.104. The van der Waals surface area contributed by atoms with Crippen LogP contribution in [0.15, 0.2) is 54.1 Å². The summed E-state index contributed by atoms with van der Waals surface area (Å²) in [6.07, 6.45) is 5.85. The highest BCUT2D eigenvalue weighted by Gasteiger charge is 2.76. The van der Waals surface area contributed by atoms with Gasteiger partial charge in [-0.1, -0.05) is 30.7 Å². The summed E-state index contributed by atoms with van der Waals surface area (Å²) in [6.45, 7) is 2.16. The van der Waals surface area contributed by atoms with Crippen molar-refractivity contribution in [2.75, 3.05) is 25.7 Å². The number of carbonyl (C=O) groups excluding carboxylic acids is 4. The second-order valence-electron chi connectivity index (χ2n) is 11.8. The van der Waals surface area contributed by atoms with Crippen molar-refractivity contribution >= 4 is 58.6 Å². The third-order valence-electron chi connectivity index (χ3n) is 9.47. The Bertz CT molecular complexity index is 1650. The highest BCUT2D eigenvalue weighted by atomic mass is 35.5. The molecule has 1 N–H and O–H groups in total. The predicted molar refractivity (Wildman–Crippen MR) is 165 cm³/mol. The third-order valence-corrected chi connectivity index (χ3v) is 10.9. The second-order valence-corrected chi connectivity index (χ2v) is 13.0. The first kappa shape index (κ1) is 31.1. The summed E-state index contributed by atoms with van der Waals surface area (Å²) in [4.78, 5) is 53.7. The number of phenols is 1. The van der Waals surface area contributed by atoms with Gasteiger partial charge in [-0.15, -0.1) is 23.2 Å². The number of nitrogens with zero attached hydrogens (tertiary/aromatic N) is 2. The molecular weight excluding hydrogens is 626 g/mol. The lowest BCUT2D eigenvalue weighted by molar-refractivity contribution is -0.140. The van der Waals surface area contributed by atoms with Crippen LogP contribution in [0.1, 0.15) is 31.7 Å². The van der Waals surface area contributed by atoms with Crippen LogP contribution < -0.4 is 14.4 Å². The molecule has 0 radical (unpaired) electrons. The van der Waals surface area contributed by atoms with Gasteiger partial charge in [0.2, 0.25) is 17.6 Å². The lowest BCUT2D eigenvalue weighted by atomic mass is 9.57. The molecule has 2 heterocycles. The number of methoxy groups -OCH3 is 2.